The van der Waals surface area contributed by atoms with Gasteiger partial charge in [0, 0.05) is 19.2 Å². The van der Waals surface area contributed by atoms with Crippen LogP contribution in [0.3, 0.4) is 0 Å². The first-order chi connectivity index (χ1) is 9.94. The van der Waals surface area contributed by atoms with Crippen molar-refractivity contribution in [3.63, 3.8) is 0 Å². The van der Waals surface area contributed by atoms with Crippen LogP contribution < -0.4 is 5.32 Å². The molecule has 1 heterocycles. The maximum Gasteiger partial charge on any atom is 0.0897 e. The van der Waals surface area contributed by atoms with E-state index in [1.165, 1.54) is 12.8 Å². The molecule has 1 aliphatic carbocycles. The molecule has 0 aromatic rings. The van der Waals surface area contributed by atoms with Gasteiger partial charge in [-0.05, 0) is 45.4 Å². The Morgan fingerprint density at radius 3 is 2.86 bits per heavy atom. The Morgan fingerprint density at radius 2 is 2.14 bits per heavy atom. The maximum atomic E-state index is 10.1. The van der Waals surface area contributed by atoms with Gasteiger partial charge in [-0.15, -0.1) is 0 Å². The monoisotopic (exact) mass is 299 g/mol. The molecule has 0 aromatic carbocycles. The summed E-state index contributed by atoms with van der Waals surface area (Å²) in [6, 6.07) is 0.443. The number of rotatable bonds is 6. The summed E-state index contributed by atoms with van der Waals surface area (Å²) < 4.78 is 11.6. The van der Waals surface area contributed by atoms with E-state index in [0.717, 1.165) is 38.2 Å². The Bertz CT molecular complexity index is 308. The van der Waals surface area contributed by atoms with Crippen LogP contribution in [-0.2, 0) is 9.47 Å². The molecule has 2 N–H and O–H groups in total. The molecule has 2 fully saturated rings. The summed E-state index contributed by atoms with van der Waals surface area (Å²) in [7, 11) is 0. The SMILES string of the molecule is CC1CCCC(OCC(O)CNC2CCOC(C)(C)C2)C1. The number of aliphatic hydroxyl groups is 1. The minimum Gasteiger partial charge on any atom is -0.389 e. The van der Waals surface area contributed by atoms with Crippen LogP contribution in [0.1, 0.15) is 59.3 Å². The quantitative estimate of drug-likeness (QED) is 0.791. The molecule has 4 unspecified atom stereocenters. The van der Waals surface area contributed by atoms with E-state index in [4.69, 9.17) is 9.47 Å². The number of ether oxygens (including phenoxy) is 2. The highest BCUT2D eigenvalue weighted by molar-refractivity contribution is 4.83. The zero-order valence-electron chi connectivity index (χ0n) is 13.9. The van der Waals surface area contributed by atoms with Crippen LogP contribution in [0.15, 0.2) is 0 Å². The lowest BCUT2D eigenvalue weighted by molar-refractivity contribution is -0.0663. The smallest absolute Gasteiger partial charge is 0.0897 e. The number of hydrogen-bond acceptors (Lipinski definition) is 4. The molecule has 2 aliphatic rings. The van der Waals surface area contributed by atoms with Crippen LogP contribution >= 0.6 is 0 Å². The van der Waals surface area contributed by atoms with E-state index in [1.807, 2.05) is 0 Å². The van der Waals surface area contributed by atoms with Gasteiger partial charge < -0.3 is 19.9 Å². The highest BCUT2D eigenvalue weighted by Crippen LogP contribution is 2.26. The molecule has 124 valence electrons. The van der Waals surface area contributed by atoms with Gasteiger partial charge in [-0.25, -0.2) is 0 Å². The molecule has 0 radical (unpaired) electrons. The van der Waals surface area contributed by atoms with E-state index < -0.39 is 6.10 Å². The van der Waals surface area contributed by atoms with Crippen LogP contribution in [0.4, 0.5) is 0 Å². The molecule has 1 saturated carbocycles. The van der Waals surface area contributed by atoms with Crippen molar-refractivity contribution in [1.29, 1.82) is 0 Å². The first-order valence-electron chi connectivity index (χ1n) is 8.61. The molecule has 4 nitrogen and oxygen atoms in total. The molecule has 4 heteroatoms. The van der Waals surface area contributed by atoms with E-state index >= 15 is 0 Å². The Morgan fingerprint density at radius 1 is 1.33 bits per heavy atom. The lowest BCUT2D eigenvalue weighted by atomic mass is 9.89. The van der Waals surface area contributed by atoms with Crippen molar-refractivity contribution in [2.24, 2.45) is 5.92 Å². The second-order valence-corrected chi connectivity index (χ2v) is 7.59. The van der Waals surface area contributed by atoms with Crippen molar-refractivity contribution in [2.75, 3.05) is 19.8 Å². The molecule has 0 amide bonds. The normalized spacial score (nSPS) is 34.6. The van der Waals surface area contributed by atoms with Crippen LogP contribution in [0.2, 0.25) is 0 Å². The lowest BCUT2D eigenvalue weighted by Crippen LogP contribution is -2.46. The minimum atomic E-state index is -0.409. The molecule has 0 bridgehead atoms. The van der Waals surface area contributed by atoms with Crippen LogP contribution in [0.25, 0.3) is 0 Å². The van der Waals surface area contributed by atoms with E-state index in [9.17, 15) is 5.11 Å². The van der Waals surface area contributed by atoms with Gasteiger partial charge in [0.05, 0.1) is 24.4 Å². The summed E-state index contributed by atoms with van der Waals surface area (Å²) in [5, 5.41) is 13.6. The molecule has 2 rings (SSSR count). The van der Waals surface area contributed by atoms with Crippen LogP contribution in [0, 0.1) is 5.92 Å². The van der Waals surface area contributed by atoms with E-state index in [2.05, 4.69) is 26.1 Å². The third-order valence-corrected chi connectivity index (χ3v) is 4.75. The summed E-state index contributed by atoms with van der Waals surface area (Å²) in [6.45, 7) is 8.42. The van der Waals surface area contributed by atoms with Gasteiger partial charge in [-0.2, -0.15) is 0 Å². The van der Waals surface area contributed by atoms with Gasteiger partial charge >= 0.3 is 0 Å². The molecule has 1 saturated heterocycles. The third kappa shape index (κ3) is 6.23. The number of nitrogens with one attached hydrogen (secondary N) is 1. The average Bonchev–Trinajstić information content (AvgIpc) is 2.42. The third-order valence-electron chi connectivity index (χ3n) is 4.75. The second-order valence-electron chi connectivity index (χ2n) is 7.59. The first-order valence-corrected chi connectivity index (χ1v) is 8.61. The summed E-state index contributed by atoms with van der Waals surface area (Å²) >= 11 is 0. The van der Waals surface area contributed by atoms with Crippen LogP contribution in [0.5, 0.6) is 0 Å². The average molecular weight is 299 g/mol. The second kappa shape index (κ2) is 7.91. The molecule has 1 aliphatic heterocycles. The topological polar surface area (TPSA) is 50.7 Å². The summed E-state index contributed by atoms with van der Waals surface area (Å²) in [4.78, 5) is 0. The lowest BCUT2D eigenvalue weighted by Gasteiger charge is -2.36. The fraction of sp³-hybridized carbons (Fsp3) is 1.00. The number of hydrogen-bond donors (Lipinski definition) is 2. The zero-order valence-corrected chi connectivity index (χ0v) is 13.9. The summed E-state index contributed by atoms with van der Waals surface area (Å²) in [6.07, 6.45) is 6.85. The zero-order chi connectivity index (χ0) is 15.3. The van der Waals surface area contributed by atoms with Crippen LogP contribution in [-0.4, -0.2) is 48.7 Å². The predicted molar refractivity (Wildman–Crippen MR) is 84.4 cm³/mol. The highest BCUT2D eigenvalue weighted by Gasteiger charge is 2.28. The van der Waals surface area contributed by atoms with Crippen molar-refractivity contribution in [1.82, 2.24) is 5.32 Å². The molecule has 0 spiro atoms. The van der Waals surface area contributed by atoms with Crippen molar-refractivity contribution in [2.45, 2.75) is 83.1 Å². The fourth-order valence-electron chi connectivity index (χ4n) is 3.54. The Hall–Kier alpha value is -0.160. The summed E-state index contributed by atoms with van der Waals surface area (Å²) in [5.74, 6) is 0.767. The van der Waals surface area contributed by atoms with Crippen molar-refractivity contribution >= 4 is 0 Å². The molecule has 21 heavy (non-hydrogen) atoms. The minimum absolute atomic E-state index is 0.0460. The van der Waals surface area contributed by atoms with Crippen molar-refractivity contribution < 1.29 is 14.6 Å². The molecule has 4 atom stereocenters. The Labute approximate surface area is 129 Å². The standard InChI is InChI=1S/C17H33NO3/c1-13-5-4-6-16(9-13)20-12-15(19)11-18-14-7-8-21-17(2,3)10-14/h13-16,18-19H,4-12H2,1-3H3. The van der Waals surface area contributed by atoms with E-state index in [0.29, 0.717) is 25.3 Å². The summed E-state index contributed by atoms with van der Waals surface area (Å²) in [5.41, 5.74) is -0.0460. The van der Waals surface area contributed by atoms with Gasteiger partial charge in [-0.3, -0.25) is 0 Å². The van der Waals surface area contributed by atoms with Gasteiger partial charge in [0.15, 0.2) is 0 Å². The predicted octanol–water partition coefficient (Wildman–Crippen LogP) is 2.49. The molecule has 0 aromatic heterocycles. The van der Waals surface area contributed by atoms with Gasteiger partial charge in [0.2, 0.25) is 0 Å². The van der Waals surface area contributed by atoms with Gasteiger partial charge in [0.1, 0.15) is 0 Å². The van der Waals surface area contributed by atoms with Gasteiger partial charge in [0.25, 0.3) is 0 Å². The Kier molecular flexibility index (Phi) is 6.48. The van der Waals surface area contributed by atoms with E-state index in [-0.39, 0.29) is 5.60 Å². The van der Waals surface area contributed by atoms with E-state index in [1.54, 1.807) is 0 Å². The van der Waals surface area contributed by atoms with Crippen molar-refractivity contribution in [3.8, 4) is 0 Å². The first kappa shape index (κ1) is 17.2. The van der Waals surface area contributed by atoms with Gasteiger partial charge in [-0.1, -0.05) is 19.8 Å². The highest BCUT2D eigenvalue weighted by atomic mass is 16.5. The largest absolute Gasteiger partial charge is 0.389 e. The van der Waals surface area contributed by atoms with Crippen molar-refractivity contribution in [3.05, 3.63) is 0 Å². The molecular weight excluding hydrogens is 266 g/mol. The maximum absolute atomic E-state index is 10.1. The fourth-order valence-corrected chi connectivity index (χ4v) is 3.54. The Balaban J connectivity index is 1.60. The molecular formula is C17H33NO3. The number of aliphatic hydroxyl groups excluding tert-OH is 1.